The predicted molar refractivity (Wildman–Crippen MR) is 71.3 cm³/mol. The third kappa shape index (κ3) is 2.62. The molecule has 0 atom stereocenters. The SMILES string of the molecule is C#C/C(=C/Cc1cccs1)c1ccccc1. The van der Waals surface area contributed by atoms with Crippen molar-refractivity contribution in [3.63, 3.8) is 0 Å². The third-order valence-electron chi connectivity index (χ3n) is 2.33. The number of hydrogen-bond acceptors (Lipinski definition) is 1. The summed E-state index contributed by atoms with van der Waals surface area (Å²) < 4.78 is 0. The van der Waals surface area contributed by atoms with Gasteiger partial charge in [0.1, 0.15) is 0 Å². The van der Waals surface area contributed by atoms with E-state index in [1.807, 2.05) is 30.3 Å². The molecule has 0 aliphatic heterocycles. The summed E-state index contributed by atoms with van der Waals surface area (Å²) in [5.41, 5.74) is 2.08. The van der Waals surface area contributed by atoms with Crippen LogP contribution in [0.15, 0.2) is 53.9 Å². The topological polar surface area (TPSA) is 0 Å². The van der Waals surface area contributed by atoms with Crippen molar-refractivity contribution in [1.29, 1.82) is 0 Å². The summed E-state index contributed by atoms with van der Waals surface area (Å²) in [4.78, 5) is 1.34. The molecule has 0 nitrogen and oxygen atoms in total. The molecule has 1 heteroatoms. The van der Waals surface area contributed by atoms with Gasteiger partial charge in [0.15, 0.2) is 0 Å². The summed E-state index contributed by atoms with van der Waals surface area (Å²) in [7, 11) is 0. The van der Waals surface area contributed by atoms with Crippen LogP contribution in [-0.4, -0.2) is 0 Å². The molecule has 0 bridgehead atoms. The van der Waals surface area contributed by atoms with Crippen molar-refractivity contribution in [3.05, 3.63) is 64.4 Å². The molecule has 1 aromatic carbocycles. The molecule has 0 unspecified atom stereocenters. The lowest BCUT2D eigenvalue weighted by Gasteiger charge is -1.99. The van der Waals surface area contributed by atoms with Crippen LogP contribution in [0.5, 0.6) is 0 Å². The zero-order valence-electron chi connectivity index (χ0n) is 8.89. The number of benzene rings is 1. The van der Waals surface area contributed by atoms with Crippen LogP contribution in [0.3, 0.4) is 0 Å². The van der Waals surface area contributed by atoms with E-state index < -0.39 is 0 Å². The van der Waals surface area contributed by atoms with Crippen LogP contribution in [0.4, 0.5) is 0 Å². The maximum atomic E-state index is 5.53. The van der Waals surface area contributed by atoms with Crippen LogP contribution in [0, 0.1) is 12.3 Å². The summed E-state index contributed by atoms with van der Waals surface area (Å²) >= 11 is 1.76. The summed E-state index contributed by atoms with van der Waals surface area (Å²) in [6, 6.07) is 14.3. The van der Waals surface area contributed by atoms with Gasteiger partial charge in [-0.15, -0.1) is 17.8 Å². The van der Waals surface area contributed by atoms with Gasteiger partial charge in [-0.2, -0.15) is 0 Å². The maximum absolute atomic E-state index is 5.53. The number of thiophene rings is 1. The highest BCUT2D eigenvalue weighted by atomic mass is 32.1. The van der Waals surface area contributed by atoms with E-state index in [1.165, 1.54) is 4.88 Å². The van der Waals surface area contributed by atoms with Crippen molar-refractivity contribution in [2.45, 2.75) is 6.42 Å². The molecule has 0 fully saturated rings. The molecule has 0 aliphatic carbocycles. The Morgan fingerprint density at radius 3 is 2.62 bits per heavy atom. The van der Waals surface area contributed by atoms with E-state index in [1.54, 1.807) is 11.3 Å². The number of rotatable bonds is 3. The molecular weight excluding hydrogens is 212 g/mol. The highest BCUT2D eigenvalue weighted by Gasteiger charge is 1.97. The molecule has 0 radical (unpaired) electrons. The average Bonchev–Trinajstić information content (AvgIpc) is 2.84. The molecule has 1 aromatic heterocycles. The van der Waals surface area contributed by atoms with Gasteiger partial charge in [0.2, 0.25) is 0 Å². The largest absolute Gasteiger partial charge is 0.149 e. The monoisotopic (exact) mass is 224 g/mol. The minimum absolute atomic E-state index is 0.909. The van der Waals surface area contributed by atoms with Crippen molar-refractivity contribution in [1.82, 2.24) is 0 Å². The summed E-state index contributed by atoms with van der Waals surface area (Å²) in [6.07, 6.45) is 8.55. The van der Waals surface area contributed by atoms with Crippen molar-refractivity contribution in [2.75, 3.05) is 0 Å². The Kier molecular flexibility index (Phi) is 3.58. The average molecular weight is 224 g/mol. The minimum atomic E-state index is 0.909. The second kappa shape index (κ2) is 5.34. The molecule has 0 spiro atoms. The quantitative estimate of drug-likeness (QED) is 0.691. The van der Waals surface area contributed by atoms with E-state index in [0.717, 1.165) is 17.6 Å². The van der Waals surface area contributed by atoms with Gasteiger partial charge < -0.3 is 0 Å². The normalized spacial score (nSPS) is 11.1. The van der Waals surface area contributed by atoms with E-state index in [9.17, 15) is 0 Å². The zero-order valence-corrected chi connectivity index (χ0v) is 9.71. The summed E-state index contributed by atoms with van der Waals surface area (Å²) in [5, 5.41) is 2.08. The number of allylic oxidation sites excluding steroid dienone is 2. The molecule has 0 amide bonds. The Balaban J connectivity index is 2.18. The van der Waals surface area contributed by atoms with Gasteiger partial charge in [0, 0.05) is 16.9 Å². The lowest BCUT2D eigenvalue weighted by atomic mass is 10.1. The van der Waals surface area contributed by atoms with Gasteiger partial charge in [0.25, 0.3) is 0 Å². The third-order valence-corrected chi connectivity index (χ3v) is 3.23. The first-order chi connectivity index (χ1) is 7.90. The van der Waals surface area contributed by atoms with Crippen LogP contribution in [0.25, 0.3) is 5.57 Å². The standard InChI is InChI=1S/C15H12S/c1-2-13(14-7-4-3-5-8-14)10-11-15-9-6-12-16-15/h1,3-10,12H,11H2/b13-10-. The molecule has 16 heavy (non-hydrogen) atoms. The lowest BCUT2D eigenvalue weighted by Crippen LogP contribution is -1.82. The molecule has 2 rings (SSSR count). The molecule has 2 aromatic rings. The van der Waals surface area contributed by atoms with Gasteiger partial charge in [-0.3, -0.25) is 0 Å². The Bertz CT molecular complexity index is 498. The van der Waals surface area contributed by atoms with E-state index in [-0.39, 0.29) is 0 Å². The van der Waals surface area contributed by atoms with E-state index in [0.29, 0.717) is 0 Å². The van der Waals surface area contributed by atoms with Crippen LogP contribution in [0.1, 0.15) is 10.4 Å². The lowest BCUT2D eigenvalue weighted by molar-refractivity contribution is 1.35. The van der Waals surface area contributed by atoms with Gasteiger partial charge in [-0.1, -0.05) is 48.4 Å². The fourth-order valence-corrected chi connectivity index (χ4v) is 2.18. The van der Waals surface area contributed by atoms with Crippen molar-refractivity contribution >= 4 is 16.9 Å². The highest BCUT2D eigenvalue weighted by Crippen LogP contribution is 2.16. The van der Waals surface area contributed by atoms with Gasteiger partial charge >= 0.3 is 0 Å². The molecule has 0 saturated heterocycles. The van der Waals surface area contributed by atoms with Gasteiger partial charge in [-0.25, -0.2) is 0 Å². The van der Waals surface area contributed by atoms with E-state index in [2.05, 4.69) is 29.5 Å². The Morgan fingerprint density at radius 1 is 1.19 bits per heavy atom. The summed E-state index contributed by atoms with van der Waals surface area (Å²) in [5.74, 6) is 2.75. The molecule has 78 valence electrons. The van der Waals surface area contributed by atoms with E-state index >= 15 is 0 Å². The Hall–Kier alpha value is -1.78. The Morgan fingerprint density at radius 2 is 2.00 bits per heavy atom. The van der Waals surface area contributed by atoms with Crippen LogP contribution >= 0.6 is 11.3 Å². The number of terminal acetylenes is 1. The van der Waals surface area contributed by atoms with Gasteiger partial charge in [0.05, 0.1) is 0 Å². The fourth-order valence-electron chi connectivity index (χ4n) is 1.51. The molecule has 1 heterocycles. The van der Waals surface area contributed by atoms with E-state index in [4.69, 9.17) is 6.42 Å². The minimum Gasteiger partial charge on any atom is -0.149 e. The predicted octanol–water partition coefficient (Wildman–Crippen LogP) is 4.01. The van der Waals surface area contributed by atoms with Crippen LogP contribution in [-0.2, 0) is 6.42 Å². The van der Waals surface area contributed by atoms with Crippen molar-refractivity contribution < 1.29 is 0 Å². The first-order valence-electron chi connectivity index (χ1n) is 5.15. The smallest absolute Gasteiger partial charge is 0.0278 e. The van der Waals surface area contributed by atoms with Gasteiger partial charge in [-0.05, 0) is 17.0 Å². The Labute approximate surface area is 100 Å². The van der Waals surface area contributed by atoms with Crippen molar-refractivity contribution in [2.24, 2.45) is 0 Å². The first kappa shape index (κ1) is 10.7. The maximum Gasteiger partial charge on any atom is 0.0278 e. The summed E-state index contributed by atoms with van der Waals surface area (Å²) in [6.45, 7) is 0. The highest BCUT2D eigenvalue weighted by molar-refractivity contribution is 7.09. The second-order valence-corrected chi connectivity index (χ2v) is 4.44. The fraction of sp³-hybridized carbons (Fsp3) is 0.0667. The van der Waals surface area contributed by atoms with Crippen LogP contribution < -0.4 is 0 Å². The number of hydrogen-bond donors (Lipinski definition) is 0. The molecular formula is C15H12S. The first-order valence-corrected chi connectivity index (χ1v) is 6.02. The molecule has 0 saturated carbocycles. The second-order valence-electron chi connectivity index (χ2n) is 3.41. The molecule has 0 N–H and O–H groups in total. The molecule has 0 aliphatic rings. The zero-order chi connectivity index (χ0) is 11.2. The van der Waals surface area contributed by atoms with Crippen molar-refractivity contribution in [3.8, 4) is 12.3 Å². The van der Waals surface area contributed by atoms with Crippen LogP contribution in [0.2, 0.25) is 0 Å².